The smallest absolute Gasteiger partial charge is 0.117 e. The van der Waals surface area contributed by atoms with E-state index < -0.39 is 0 Å². The van der Waals surface area contributed by atoms with E-state index in [1.165, 1.54) is 0 Å². The topological polar surface area (TPSA) is 98.3 Å². The molecule has 6 aromatic rings. The van der Waals surface area contributed by atoms with Gasteiger partial charge in [0, 0.05) is 0 Å². The SMILES string of the molecule is c1coc(CN2C3C4N(Cc5ccco5)C2C2N(Cc5ccco5)C(C(N2Cc2ccco2)N4Cc2ccco2)N3Cc2ccco2)c1. The van der Waals surface area contributed by atoms with Crippen molar-refractivity contribution in [2.75, 3.05) is 0 Å². The number of piperazine rings is 1. The van der Waals surface area contributed by atoms with Crippen LogP contribution in [0.1, 0.15) is 34.6 Å². The lowest BCUT2D eigenvalue weighted by Gasteiger charge is -2.55. The predicted molar refractivity (Wildman–Crippen MR) is 168 cm³/mol. The first-order valence-electron chi connectivity index (χ1n) is 16.5. The summed E-state index contributed by atoms with van der Waals surface area (Å²) in [5.74, 6) is 5.53. The minimum Gasteiger partial charge on any atom is -0.468 e. The fourth-order valence-electron chi connectivity index (χ4n) is 8.75. The first kappa shape index (κ1) is 28.5. The van der Waals surface area contributed by atoms with Crippen LogP contribution in [0.25, 0.3) is 0 Å². The molecule has 0 aromatic carbocycles. The van der Waals surface area contributed by atoms with E-state index in [1.807, 2.05) is 36.4 Å². The molecule has 246 valence electrons. The number of hydrogen-bond acceptors (Lipinski definition) is 12. The molecule has 6 bridgehead atoms. The first-order chi connectivity index (χ1) is 23.8. The normalized spacial score (nSPS) is 28.0. The molecule has 12 nitrogen and oxygen atoms in total. The molecule has 11 heterocycles. The van der Waals surface area contributed by atoms with Gasteiger partial charge in [-0.3, -0.25) is 29.4 Å². The van der Waals surface area contributed by atoms with E-state index in [0.717, 1.165) is 34.6 Å². The van der Waals surface area contributed by atoms with Crippen LogP contribution in [0, 0.1) is 0 Å². The number of hydrogen-bond donors (Lipinski definition) is 0. The van der Waals surface area contributed by atoms with Crippen LogP contribution in [-0.4, -0.2) is 66.4 Å². The molecule has 5 aliphatic heterocycles. The summed E-state index contributed by atoms with van der Waals surface area (Å²) in [5, 5.41) is 0. The van der Waals surface area contributed by atoms with Crippen LogP contribution in [0.15, 0.2) is 137 Å². The van der Waals surface area contributed by atoms with Crippen molar-refractivity contribution in [1.82, 2.24) is 29.4 Å². The van der Waals surface area contributed by atoms with Crippen molar-refractivity contribution < 1.29 is 26.5 Å². The van der Waals surface area contributed by atoms with Gasteiger partial charge in [0.1, 0.15) is 34.6 Å². The molecular weight excluding hydrogens is 612 g/mol. The van der Waals surface area contributed by atoms with Crippen LogP contribution in [0.5, 0.6) is 0 Å². The summed E-state index contributed by atoms with van der Waals surface area (Å²) in [6, 6.07) is 24.3. The predicted octanol–water partition coefficient (Wildman–Crippen LogP) is 5.57. The third-order valence-corrected chi connectivity index (χ3v) is 10.4. The van der Waals surface area contributed by atoms with Crippen molar-refractivity contribution in [2.45, 2.75) is 76.3 Å². The maximum Gasteiger partial charge on any atom is 0.117 e. The number of nitrogens with zero attached hydrogens (tertiary/aromatic N) is 6. The average molecular weight is 649 g/mol. The van der Waals surface area contributed by atoms with Crippen LogP contribution in [0.4, 0.5) is 0 Å². The maximum atomic E-state index is 6.06. The first-order valence-corrected chi connectivity index (χ1v) is 16.5. The maximum absolute atomic E-state index is 6.06. The van der Waals surface area contributed by atoms with Crippen molar-refractivity contribution in [2.24, 2.45) is 0 Å². The van der Waals surface area contributed by atoms with E-state index in [4.69, 9.17) is 26.5 Å². The molecule has 0 atom stereocenters. The van der Waals surface area contributed by atoms with Crippen molar-refractivity contribution >= 4 is 0 Å². The average Bonchev–Trinajstić information content (AvgIpc) is 3.94. The van der Waals surface area contributed by atoms with E-state index in [-0.39, 0.29) is 37.0 Å². The van der Waals surface area contributed by atoms with Crippen LogP contribution in [0.3, 0.4) is 0 Å². The van der Waals surface area contributed by atoms with E-state index in [0.29, 0.717) is 39.3 Å². The molecule has 11 rings (SSSR count). The zero-order valence-electron chi connectivity index (χ0n) is 26.2. The molecular formula is C36H36N6O6. The molecule has 12 heteroatoms. The summed E-state index contributed by atoms with van der Waals surface area (Å²) >= 11 is 0. The largest absolute Gasteiger partial charge is 0.468 e. The highest BCUT2D eigenvalue weighted by molar-refractivity contribution is 5.22. The van der Waals surface area contributed by atoms with Crippen molar-refractivity contribution in [1.29, 1.82) is 0 Å². The van der Waals surface area contributed by atoms with Gasteiger partial charge in [-0.05, 0) is 72.8 Å². The Morgan fingerprint density at radius 3 is 0.583 bits per heavy atom. The Morgan fingerprint density at radius 2 is 0.458 bits per heavy atom. The molecule has 48 heavy (non-hydrogen) atoms. The molecule has 6 aromatic heterocycles. The van der Waals surface area contributed by atoms with Gasteiger partial charge in [0.15, 0.2) is 0 Å². The molecule has 0 radical (unpaired) electrons. The summed E-state index contributed by atoms with van der Waals surface area (Å²) in [6.07, 6.45) is 10.4. The van der Waals surface area contributed by atoms with Gasteiger partial charge >= 0.3 is 0 Å². The van der Waals surface area contributed by atoms with Gasteiger partial charge in [0.2, 0.25) is 0 Å². The molecule has 5 fully saturated rings. The van der Waals surface area contributed by atoms with E-state index in [1.54, 1.807) is 37.6 Å². The second-order valence-electron chi connectivity index (χ2n) is 13.0. The van der Waals surface area contributed by atoms with Crippen molar-refractivity contribution in [3.8, 4) is 0 Å². The van der Waals surface area contributed by atoms with Crippen LogP contribution < -0.4 is 0 Å². The highest BCUT2D eigenvalue weighted by Crippen LogP contribution is 2.54. The van der Waals surface area contributed by atoms with Gasteiger partial charge in [0.25, 0.3) is 0 Å². The summed E-state index contributed by atoms with van der Waals surface area (Å²) in [5.41, 5.74) is 0. The van der Waals surface area contributed by atoms with Crippen LogP contribution >= 0.6 is 0 Å². The summed E-state index contributed by atoms with van der Waals surface area (Å²) in [4.78, 5) is 15.7. The van der Waals surface area contributed by atoms with Crippen molar-refractivity contribution in [3.05, 3.63) is 145 Å². The fraction of sp³-hybridized carbons (Fsp3) is 0.333. The lowest BCUT2D eigenvalue weighted by atomic mass is 10.1. The molecule has 0 saturated carbocycles. The highest BCUT2D eigenvalue weighted by atomic mass is 16.3. The standard InChI is InChI=1S/C36H36N6O6/c1-7-25(43-13-1)19-37-31-32-38(20-26-8-2-14-44-26)35(37)36-39(21-27-9-3-15-45-27)33(41(31)23-29-11-5-17-47-29)34(40(36)22-28-10-4-16-46-28)42(32)24-30-12-6-18-48-30/h1-18,31-36H,19-24H2. The lowest BCUT2D eigenvalue weighted by Crippen LogP contribution is -2.73. The quantitative estimate of drug-likeness (QED) is 0.166. The summed E-state index contributed by atoms with van der Waals surface area (Å²) < 4.78 is 36.3. The van der Waals surface area contributed by atoms with Crippen LogP contribution in [-0.2, 0) is 39.3 Å². The molecule has 0 aliphatic carbocycles. The second-order valence-corrected chi connectivity index (χ2v) is 13.0. The van der Waals surface area contributed by atoms with Gasteiger partial charge in [-0.2, -0.15) is 0 Å². The molecule has 0 amide bonds. The molecule has 0 N–H and O–H groups in total. The van der Waals surface area contributed by atoms with Gasteiger partial charge < -0.3 is 26.5 Å². The highest BCUT2D eigenvalue weighted by Gasteiger charge is 2.72. The van der Waals surface area contributed by atoms with E-state index in [2.05, 4.69) is 65.8 Å². The molecule has 5 aliphatic rings. The minimum atomic E-state index is -0.0594. The third-order valence-electron chi connectivity index (χ3n) is 10.4. The third kappa shape index (κ3) is 4.60. The Kier molecular flexibility index (Phi) is 6.85. The Morgan fingerprint density at radius 1 is 0.292 bits per heavy atom. The van der Waals surface area contributed by atoms with Gasteiger partial charge in [0.05, 0.1) is 114 Å². The monoisotopic (exact) mass is 648 g/mol. The zero-order chi connectivity index (χ0) is 31.6. The van der Waals surface area contributed by atoms with E-state index in [9.17, 15) is 0 Å². The fourth-order valence-corrected chi connectivity index (χ4v) is 8.75. The minimum absolute atomic E-state index is 0.0220. The number of furan rings is 6. The Labute approximate surface area is 276 Å². The van der Waals surface area contributed by atoms with E-state index >= 15 is 0 Å². The Hall–Kier alpha value is -4.56. The van der Waals surface area contributed by atoms with Gasteiger partial charge in [-0.15, -0.1) is 0 Å². The van der Waals surface area contributed by atoms with Gasteiger partial charge in [-0.25, -0.2) is 0 Å². The number of rotatable bonds is 12. The lowest BCUT2D eigenvalue weighted by molar-refractivity contribution is -0.170. The Bertz CT molecular complexity index is 1630. The van der Waals surface area contributed by atoms with Crippen LogP contribution in [0.2, 0.25) is 0 Å². The molecule has 5 saturated heterocycles. The second kappa shape index (κ2) is 11.5. The summed E-state index contributed by atoms with van der Waals surface area (Å²) in [7, 11) is 0. The molecule has 0 spiro atoms. The van der Waals surface area contributed by atoms with Gasteiger partial charge in [-0.1, -0.05) is 0 Å². The summed E-state index contributed by atoms with van der Waals surface area (Å²) in [6.45, 7) is 3.80. The van der Waals surface area contributed by atoms with Crippen molar-refractivity contribution in [3.63, 3.8) is 0 Å². The zero-order valence-corrected chi connectivity index (χ0v) is 26.2. The molecule has 0 unspecified atom stereocenters. The Balaban J connectivity index is 1.20.